The van der Waals surface area contributed by atoms with Crippen LogP contribution in [0.5, 0.6) is 0 Å². The summed E-state index contributed by atoms with van der Waals surface area (Å²) < 4.78 is 16.7. The van der Waals surface area contributed by atoms with E-state index >= 15 is 0 Å². The molecule has 1 heterocycles. The van der Waals surface area contributed by atoms with Gasteiger partial charge < -0.3 is 45.1 Å². The SMILES string of the molecule is CCCCCCCCCCCC/C=C/C(O)C(COC1OC(CO)C(O)C(O)C1O)NC(=O)CCCCCCCCCCCCCCCCCCOC(=O)CCCCCCCCCCCCC. The average Bonchev–Trinajstić information content (AvgIpc) is 3.32. The number of aliphatic hydroxyl groups is 5. The number of ether oxygens (including phenoxy) is 3. The van der Waals surface area contributed by atoms with Crippen LogP contribution in [0.15, 0.2) is 12.2 Å². The lowest BCUT2D eigenvalue weighted by atomic mass is 9.99. The first-order valence-electron chi connectivity index (χ1n) is 28.5. The average molecular weight is 954 g/mol. The van der Waals surface area contributed by atoms with Gasteiger partial charge in [0.2, 0.25) is 5.91 Å². The van der Waals surface area contributed by atoms with Crippen LogP contribution in [0.3, 0.4) is 0 Å². The molecule has 11 heteroatoms. The highest BCUT2D eigenvalue weighted by atomic mass is 16.7. The predicted molar refractivity (Wildman–Crippen MR) is 274 cm³/mol. The molecule has 67 heavy (non-hydrogen) atoms. The Bertz CT molecular complexity index is 1120. The first-order chi connectivity index (χ1) is 32.7. The van der Waals surface area contributed by atoms with E-state index in [2.05, 4.69) is 19.2 Å². The number of nitrogens with one attached hydrogen (secondary N) is 1. The van der Waals surface area contributed by atoms with Gasteiger partial charge in [0.05, 0.1) is 32.0 Å². The Kier molecular flexibility index (Phi) is 44.3. The van der Waals surface area contributed by atoms with E-state index in [1.165, 1.54) is 180 Å². The van der Waals surface area contributed by atoms with Gasteiger partial charge in [-0.3, -0.25) is 9.59 Å². The van der Waals surface area contributed by atoms with Crippen LogP contribution in [0, 0.1) is 0 Å². The number of rotatable bonds is 49. The van der Waals surface area contributed by atoms with Gasteiger partial charge >= 0.3 is 5.97 Å². The van der Waals surface area contributed by atoms with E-state index in [0.29, 0.717) is 19.4 Å². The number of amides is 1. The van der Waals surface area contributed by atoms with Gasteiger partial charge in [-0.2, -0.15) is 0 Å². The van der Waals surface area contributed by atoms with E-state index in [4.69, 9.17) is 14.2 Å². The molecule has 0 aromatic heterocycles. The van der Waals surface area contributed by atoms with Crippen molar-refractivity contribution in [3.8, 4) is 0 Å². The minimum atomic E-state index is -1.57. The standard InChI is InChI=1S/C56H107NO10/c1-3-5-7-9-11-13-15-23-26-30-34-38-42-49(59)48(47-66-56-55(64)54(63)53(62)50(46-58)67-56)57-51(60)43-39-35-31-27-24-20-18-16-17-19-21-25-29-33-37-41-45-65-52(61)44-40-36-32-28-22-14-12-10-8-6-4-2/h38,42,48-50,53-56,58-59,62-64H,3-37,39-41,43-47H2,1-2H3,(H,57,60)/b42-38+. The lowest BCUT2D eigenvalue weighted by Crippen LogP contribution is -2.60. The van der Waals surface area contributed by atoms with Crippen LogP contribution in [0.4, 0.5) is 0 Å². The van der Waals surface area contributed by atoms with Crippen molar-refractivity contribution in [2.75, 3.05) is 19.8 Å². The molecule has 1 aliphatic rings. The summed E-state index contributed by atoms with van der Waals surface area (Å²) in [5, 5.41) is 54.3. The highest BCUT2D eigenvalue weighted by Crippen LogP contribution is 2.23. The molecule has 0 saturated carbocycles. The van der Waals surface area contributed by atoms with Crippen molar-refractivity contribution >= 4 is 11.9 Å². The summed E-state index contributed by atoms with van der Waals surface area (Å²) in [6.07, 6.45) is 42.9. The fourth-order valence-corrected chi connectivity index (χ4v) is 9.08. The number of allylic oxidation sites excluding steroid dienone is 1. The fourth-order valence-electron chi connectivity index (χ4n) is 9.08. The second-order valence-electron chi connectivity index (χ2n) is 20.0. The smallest absolute Gasteiger partial charge is 0.305 e. The van der Waals surface area contributed by atoms with Gasteiger partial charge in [-0.05, 0) is 32.1 Å². The molecule has 7 unspecified atom stereocenters. The quantitative estimate of drug-likeness (QED) is 0.0196. The summed E-state index contributed by atoms with van der Waals surface area (Å²) in [6.45, 7) is 4.32. The topological polar surface area (TPSA) is 175 Å². The van der Waals surface area contributed by atoms with E-state index in [-0.39, 0.29) is 18.5 Å². The van der Waals surface area contributed by atoms with Gasteiger partial charge in [-0.15, -0.1) is 0 Å². The Labute approximate surface area is 410 Å². The molecular formula is C56H107NO10. The maximum absolute atomic E-state index is 13.0. The van der Waals surface area contributed by atoms with E-state index in [0.717, 1.165) is 64.2 Å². The maximum Gasteiger partial charge on any atom is 0.305 e. The van der Waals surface area contributed by atoms with Crippen molar-refractivity contribution in [2.45, 2.75) is 314 Å². The first-order valence-corrected chi connectivity index (χ1v) is 28.5. The zero-order chi connectivity index (χ0) is 48.8. The number of hydrogen-bond donors (Lipinski definition) is 6. The van der Waals surface area contributed by atoms with Gasteiger partial charge in [0, 0.05) is 12.8 Å². The van der Waals surface area contributed by atoms with E-state index in [1.54, 1.807) is 6.08 Å². The zero-order valence-corrected chi connectivity index (χ0v) is 43.4. The Morgan fingerprint density at radius 3 is 1.39 bits per heavy atom. The van der Waals surface area contributed by atoms with Crippen LogP contribution in [0.2, 0.25) is 0 Å². The van der Waals surface area contributed by atoms with Crippen LogP contribution in [-0.2, 0) is 23.8 Å². The largest absolute Gasteiger partial charge is 0.466 e. The fraction of sp³-hybridized carbons (Fsp3) is 0.929. The normalized spacial score (nSPS) is 19.5. The van der Waals surface area contributed by atoms with Crippen LogP contribution in [0.25, 0.3) is 0 Å². The molecule has 11 nitrogen and oxygen atoms in total. The Morgan fingerprint density at radius 1 is 0.537 bits per heavy atom. The molecule has 0 bridgehead atoms. The third-order valence-electron chi connectivity index (χ3n) is 13.7. The molecule has 0 spiro atoms. The number of hydrogen-bond acceptors (Lipinski definition) is 10. The molecule has 7 atom stereocenters. The second-order valence-corrected chi connectivity index (χ2v) is 20.0. The summed E-state index contributed by atoms with van der Waals surface area (Å²) in [5.41, 5.74) is 0. The lowest BCUT2D eigenvalue weighted by Gasteiger charge is -2.40. The molecule has 0 aliphatic carbocycles. The summed E-state index contributed by atoms with van der Waals surface area (Å²) in [7, 11) is 0. The molecule has 1 fully saturated rings. The molecule has 0 aromatic rings. The first kappa shape index (κ1) is 63.4. The van der Waals surface area contributed by atoms with Crippen molar-refractivity contribution in [1.82, 2.24) is 5.32 Å². The molecule has 1 aliphatic heterocycles. The zero-order valence-electron chi connectivity index (χ0n) is 43.4. The molecule has 396 valence electrons. The van der Waals surface area contributed by atoms with E-state index in [1.807, 2.05) is 6.08 Å². The van der Waals surface area contributed by atoms with Gasteiger partial charge in [0.15, 0.2) is 6.29 Å². The van der Waals surface area contributed by atoms with E-state index < -0.39 is 49.5 Å². The van der Waals surface area contributed by atoms with Gasteiger partial charge in [0.1, 0.15) is 24.4 Å². The number of carbonyl (C=O) groups is 2. The molecule has 1 amide bonds. The Morgan fingerprint density at radius 2 is 0.940 bits per heavy atom. The highest BCUT2D eigenvalue weighted by Gasteiger charge is 2.44. The predicted octanol–water partition coefficient (Wildman–Crippen LogP) is 12.4. The van der Waals surface area contributed by atoms with Crippen LogP contribution in [-0.4, -0.2) is 100 Å². The summed E-state index contributed by atoms with van der Waals surface area (Å²) in [4.78, 5) is 25.0. The maximum atomic E-state index is 13.0. The van der Waals surface area contributed by atoms with E-state index in [9.17, 15) is 35.1 Å². The highest BCUT2D eigenvalue weighted by molar-refractivity contribution is 5.76. The second kappa shape index (κ2) is 46.8. The number of unbranched alkanes of at least 4 members (excludes halogenated alkanes) is 35. The van der Waals surface area contributed by atoms with Gasteiger partial charge in [0.25, 0.3) is 0 Å². The monoisotopic (exact) mass is 954 g/mol. The van der Waals surface area contributed by atoms with Crippen LogP contribution < -0.4 is 5.32 Å². The van der Waals surface area contributed by atoms with Gasteiger partial charge in [-0.1, -0.05) is 238 Å². The number of esters is 1. The van der Waals surface area contributed by atoms with Crippen molar-refractivity contribution in [3.63, 3.8) is 0 Å². The van der Waals surface area contributed by atoms with Crippen LogP contribution in [0.1, 0.15) is 271 Å². The van der Waals surface area contributed by atoms with Gasteiger partial charge in [-0.25, -0.2) is 0 Å². The van der Waals surface area contributed by atoms with Crippen molar-refractivity contribution in [1.29, 1.82) is 0 Å². The molecule has 1 saturated heterocycles. The minimum Gasteiger partial charge on any atom is -0.466 e. The minimum absolute atomic E-state index is 0.0148. The molecule has 6 N–H and O–H groups in total. The van der Waals surface area contributed by atoms with Crippen molar-refractivity contribution < 1.29 is 49.3 Å². The summed E-state index contributed by atoms with van der Waals surface area (Å²) >= 11 is 0. The third-order valence-corrected chi connectivity index (χ3v) is 13.7. The number of carbonyl (C=O) groups excluding carboxylic acids is 2. The lowest BCUT2D eigenvalue weighted by molar-refractivity contribution is -0.302. The molecule has 0 radical (unpaired) electrons. The third kappa shape index (κ3) is 36.9. The molecule has 1 rings (SSSR count). The number of aliphatic hydroxyl groups excluding tert-OH is 5. The summed E-state index contributed by atoms with van der Waals surface area (Å²) in [6, 6.07) is -0.813. The molecular weight excluding hydrogens is 847 g/mol. The van der Waals surface area contributed by atoms with Crippen molar-refractivity contribution in [2.24, 2.45) is 0 Å². The van der Waals surface area contributed by atoms with Crippen LogP contribution >= 0.6 is 0 Å². The summed E-state index contributed by atoms with van der Waals surface area (Å²) in [5.74, 6) is -0.203. The Hall–Kier alpha value is -1.60. The Balaban J connectivity index is 2.12. The molecule has 0 aromatic carbocycles. The van der Waals surface area contributed by atoms with Crippen molar-refractivity contribution in [3.05, 3.63) is 12.2 Å².